The summed E-state index contributed by atoms with van der Waals surface area (Å²) in [5.74, 6) is 0.284. The van der Waals surface area contributed by atoms with Crippen LogP contribution in [0.25, 0.3) is 0 Å². The molecule has 1 saturated heterocycles. The van der Waals surface area contributed by atoms with Gasteiger partial charge in [-0.1, -0.05) is 18.6 Å². The number of hydrogen-bond acceptors (Lipinski definition) is 1. The fraction of sp³-hybridized carbons (Fsp3) is 0.500. The van der Waals surface area contributed by atoms with E-state index in [1.54, 1.807) is 6.92 Å². The molecule has 2 rings (SSSR count). The summed E-state index contributed by atoms with van der Waals surface area (Å²) in [5.41, 5.74) is 1.14. The van der Waals surface area contributed by atoms with Crippen molar-refractivity contribution in [2.24, 2.45) is 0 Å². The molecule has 92 valence electrons. The van der Waals surface area contributed by atoms with Crippen LogP contribution in [0, 0.1) is 5.82 Å². The zero-order chi connectivity index (χ0) is 12.3. The van der Waals surface area contributed by atoms with Crippen molar-refractivity contribution in [2.45, 2.75) is 32.1 Å². The van der Waals surface area contributed by atoms with Crippen LogP contribution in [0.15, 0.2) is 24.3 Å². The second-order valence-corrected chi connectivity index (χ2v) is 4.71. The summed E-state index contributed by atoms with van der Waals surface area (Å²) in [6.07, 6.45) is 3.28. The monoisotopic (exact) mass is 235 g/mol. The molecule has 1 atom stereocenters. The summed E-state index contributed by atoms with van der Waals surface area (Å²) < 4.78 is 12.9. The molecular weight excluding hydrogens is 217 g/mol. The Balaban J connectivity index is 2.13. The third-order valence-corrected chi connectivity index (χ3v) is 3.46. The highest BCUT2D eigenvalue weighted by Gasteiger charge is 2.20. The van der Waals surface area contributed by atoms with Crippen molar-refractivity contribution in [1.29, 1.82) is 0 Å². The molecule has 0 spiro atoms. The van der Waals surface area contributed by atoms with Crippen LogP contribution < -0.4 is 0 Å². The van der Waals surface area contributed by atoms with Crippen LogP contribution in [-0.4, -0.2) is 23.9 Å². The van der Waals surface area contributed by atoms with Crippen LogP contribution in [-0.2, 0) is 4.79 Å². The van der Waals surface area contributed by atoms with Gasteiger partial charge in [-0.3, -0.25) is 4.79 Å². The van der Waals surface area contributed by atoms with Crippen molar-refractivity contribution in [1.82, 2.24) is 4.90 Å². The predicted molar refractivity (Wildman–Crippen MR) is 65.2 cm³/mol. The topological polar surface area (TPSA) is 20.3 Å². The highest BCUT2D eigenvalue weighted by molar-refractivity contribution is 5.73. The van der Waals surface area contributed by atoms with E-state index in [2.05, 4.69) is 0 Å². The lowest BCUT2D eigenvalue weighted by atomic mass is 9.94. The minimum absolute atomic E-state index is 0.138. The van der Waals surface area contributed by atoms with Gasteiger partial charge >= 0.3 is 0 Å². The number of rotatable bonds is 1. The Kier molecular flexibility index (Phi) is 3.77. The standard InChI is InChI=1S/C14H18FNO/c1-11(17)16-9-3-2-4-13(10-16)12-5-7-14(15)8-6-12/h5-8,13H,2-4,9-10H2,1H3/t13-/m1/s1. The molecule has 0 saturated carbocycles. The molecule has 1 aromatic rings. The number of halogens is 1. The first-order valence-corrected chi connectivity index (χ1v) is 6.18. The lowest BCUT2D eigenvalue weighted by molar-refractivity contribution is -0.128. The molecule has 1 aliphatic rings. The number of benzene rings is 1. The molecule has 0 unspecified atom stereocenters. The molecule has 1 fully saturated rings. The van der Waals surface area contributed by atoms with Crippen LogP contribution in [0.2, 0.25) is 0 Å². The average Bonchev–Trinajstić information content (AvgIpc) is 2.55. The SMILES string of the molecule is CC(=O)N1CCCC[C@@H](c2ccc(F)cc2)C1. The van der Waals surface area contributed by atoms with E-state index in [4.69, 9.17) is 0 Å². The molecule has 0 N–H and O–H groups in total. The normalized spacial score (nSPS) is 21.1. The van der Waals surface area contributed by atoms with Crippen LogP contribution in [0.3, 0.4) is 0 Å². The van der Waals surface area contributed by atoms with Crippen LogP contribution in [0.4, 0.5) is 4.39 Å². The number of hydrogen-bond donors (Lipinski definition) is 0. The van der Waals surface area contributed by atoms with Gasteiger partial charge in [0.1, 0.15) is 5.82 Å². The van der Waals surface area contributed by atoms with Crippen LogP contribution >= 0.6 is 0 Å². The van der Waals surface area contributed by atoms with E-state index < -0.39 is 0 Å². The second kappa shape index (κ2) is 5.30. The van der Waals surface area contributed by atoms with Crippen molar-refractivity contribution < 1.29 is 9.18 Å². The molecule has 0 aliphatic carbocycles. The number of carbonyl (C=O) groups is 1. The van der Waals surface area contributed by atoms with Gasteiger partial charge in [0.05, 0.1) is 0 Å². The smallest absolute Gasteiger partial charge is 0.219 e. The van der Waals surface area contributed by atoms with Crippen molar-refractivity contribution in [2.75, 3.05) is 13.1 Å². The van der Waals surface area contributed by atoms with Gasteiger partial charge in [-0.25, -0.2) is 4.39 Å². The lowest BCUT2D eigenvalue weighted by Crippen LogP contribution is -2.32. The fourth-order valence-corrected chi connectivity index (χ4v) is 2.44. The first kappa shape index (κ1) is 12.1. The minimum Gasteiger partial charge on any atom is -0.342 e. The Bertz CT molecular complexity index is 388. The van der Waals surface area contributed by atoms with Crippen molar-refractivity contribution in [3.05, 3.63) is 35.6 Å². The maximum absolute atomic E-state index is 12.9. The van der Waals surface area contributed by atoms with Gasteiger partial charge in [0.15, 0.2) is 0 Å². The molecule has 0 bridgehead atoms. The zero-order valence-corrected chi connectivity index (χ0v) is 10.2. The second-order valence-electron chi connectivity index (χ2n) is 4.71. The summed E-state index contributed by atoms with van der Waals surface area (Å²) in [7, 11) is 0. The van der Waals surface area contributed by atoms with Gasteiger partial charge in [-0.15, -0.1) is 0 Å². The van der Waals surface area contributed by atoms with Gasteiger partial charge in [-0.05, 0) is 30.5 Å². The van der Waals surface area contributed by atoms with E-state index >= 15 is 0 Å². The Morgan fingerprint density at radius 2 is 2.00 bits per heavy atom. The Morgan fingerprint density at radius 3 is 2.65 bits per heavy atom. The Hall–Kier alpha value is -1.38. The fourth-order valence-electron chi connectivity index (χ4n) is 2.44. The predicted octanol–water partition coefficient (Wildman–Crippen LogP) is 2.94. The van der Waals surface area contributed by atoms with Crippen LogP contribution in [0.1, 0.15) is 37.7 Å². The molecule has 17 heavy (non-hydrogen) atoms. The molecular formula is C14H18FNO. The van der Waals surface area contributed by atoms with E-state index in [-0.39, 0.29) is 11.7 Å². The largest absolute Gasteiger partial charge is 0.342 e. The molecule has 0 radical (unpaired) electrons. The third-order valence-electron chi connectivity index (χ3n) is 3.46. The molecule has 0 aromatic heterocycles. The van der Waals surface area contributed by atoms with Crippen molar-refractivity contribution >= 4 is 5.91 Å². The highest BCUT2D eigenvalue weighted by Crippen LogP contribution is 2.26. The molecule has 2 nitrogen and oxygen atoms in total. The average molecular weight is 235 g/mol. The first-order valence-electron chi connectivity index (χ1n) is 6.18. The third kappa shape index (κ3) is 3.05. The summed E-state index contributed by atoms with van der Waals surface area (Å²) in [4.78, 5) is 13.4. The number of amides is 1. The number of nitrogens with zero attached hydrogens (tertiary/aromatic N) is 1. The highest BCUT2D eigenvalue weighted by atomic mass is 19.1. The molecule has 1 aliphatic heterocycles. The molecule has 1 heterocycles. The Morgan fingerprint density at radius 1 is 1.29 bits per heavy atom. The van der Waals surface area contributed by atoms with E-state index in [9.17, 15) is 9.18 Å². The van der Waals surface area contributed by atoms with Gasteiger partial charge in [0.2, 0.25) is 5.91 Å². The Labute approximate surface area is 101 Å². The van der Waals surface area contributed by atoms with Crippen molar-refractivity contribution in [3.63, 3.8) is 0 Å². The summed E-state index contributed by atoms with van der Waals surface area (Å²) in [6.45, 7) is 3.24. The van der Waals surface area contributed by atoms with E-state index in [1.807, 2.05) is 17.0 Å². The quantitative estimate of drug-likeness (QED) is 0.733. The summed E-state index contributed by atoms with van der Waals surface area (Å²) in [5, 5.41) is 0. The zero-order valence-electron chi connectivity index (χ0n) is 10.2. The summed E-state index contributed by atoms with van der Waals surface area (Å²) >= 11 is 0. The first-order chi connectivity index (χ1) is 8.16. The number of likely N-dealkylation sites (tertiary alicyclic amines) is 1. The van der Waals surface area contributed by atoms with Gasteiger partial charge < -0.3 is 4.90 Å². The number of carbonyl (C=O) groups excluding carboxylic acids is 1. The summed E-state index contributed by atoms with van der Waals surface area (Å²) in [6, 6.07) is 6.67. The maximum atomic E-state index is 12.9. The van der Waals surface area contributed by atoms with Gasteiger partial charge in [-0.2, -0.15) is 0 Å². The van der Waals surface area contributed by atoms with E-state index in [1.165, 1.54) is 12.1 Å². The maximum Gasteiger partial charge on any atom is 0.219 e. The molecule has 1 amide bonds. The molecule has 3 heteroatoms. The van der Waals surface area contributed by atoms with Crippen LogP contribution in [0.5, 0.6) is 0 Å². The van der Waals surface area contributed by atoms with Gasteiger partial charge in [0, 0.05) is 25.9 Å². The van der Waals surface area contributed by atoms with E-state index in [0.29, 0.717) is 5.92 Å². The van der Waals surface area contributed by atoms with Gasteiger partial charge in [0.25, 0.3) is 0 Å². The molecule has 1 aromatic carbocycles. The van der Waals surface area contributed by atoms with E-state index in [0.717, 1.165) is 37.9 Å². The lowest BCUT2D eigenvalue weighted by Gasteiger charge is -2.23. The van der Waals surface area contributed by atoms with Crippen molar-refractivity contribution in [3.8, 4) is 0 Å². The minimum atomic E-state index is -0.203.